The van der Waals surface area contributed by atoms with Gasteiger partial charge in [-0.25, -0.2) is 9.37 Å². The molecule has 116 valence electrons. The van der Waals surface area contributed by atoms with E-state index in [1.54, 1.807) is 17.4 Å². The number of hydrogen-bond donors (Lipinski definition) is 0. The smallest absolute Gasteiger partial charge is 0.183 e. The maximum atomic E-state index is 14.3. The summed E-state index contributed by atoms with van der Waals surface area (Å²) < 4.78 is 21.4. The van der Waals surface area contributed by atoms with E-state index in [2.05, 4.69) is 15.2 Å². The summed E-state index contributed by atoms with van der Waals surface area (Å²) in [5.41, 5.74) is 3.29. The number of nitrogens with zero attached hydrogens (tertiary/aromatic N) is 4. The fourth-order valence-electron chi connectivity index (χ4n) is 2.67. The molecule has 4 rings (SSSR count). The van der Waals surface area contributed by atoms with Gasteiger partial charge in [-0.1, -0.05) is 0 Å². The second-order valence-electron chi connectivity index (χ2n) is 5.29. The largest absolute Gasteiger partial charge is 0.497 e. The minimum Gasteiger partial charge on any atom is -0.497 e. The van der Waals surface area contributed by atoms with E-state index in [4.69, 9.17) is 4.74 Å². The Morgan fingerprint density at radius 1 is 1.22 bits per heavy atom. The number of fused-ring (bicyclic) bond motifs is 3. The van der Waals surface area contributed by atoms with Gasteiger partial charge < -0.3 is 4.74 Å². The maximum Gasteiger partial charge on any atom is 0.183 e. The van der Waals surface area contributed by atoms with E-state index in [1.807, 2.05) is 29.7 Å². The molecule has 0 radical (unpaired) electrons. The highest BCUT2D eigenvalue weighted by molar-refractivity contribution is 7.13. The lowest BCUT2D eigenvalue weighted by Crippen LogP contribution is -2.00. The van der Waals surface area contributed by atoms with Crippen LogP contribution in [0.2, 0.25) is 0 Å². The van der Waals surface area contributed by atoms with Gasteiger partial charge in [0.25, 0.3) is 0 Å². The SMILES string of the molecule is COc1cc(F)c2nnc3c(C)nc(-c4sccc4C)n3c2c1. The third-order valence-electron chi connectivity index (χ3n) is 3.82. The van der Waals surface area contributed by atoms with E-state index < -0.39 is 5.82 Å². The summed E-state index contributed by atoms with van der Waals surface area (Å²) in [6.45, 7) is 3.90. The molecule has 0 atom stereocenters. The first kappa shape index (κ1) is 14.1. The Labute approximate surface area is 135 Å². The van der Waals surface area contributed by atoms with Crippen LogP contribution >= 0.6 is 11.3 Å². The third-order valence-corrected chi connectivity index (χ3v) is 4.84. The van der Waals surface area contributed by atoms with Crippen molar-refractivity contribution in [1.29, 1.82) is 0 Å². The molecule has 0 saturated carbocycles. The quantitative estimate of drug-likeness (QED) is 0.562. The molecule has 0 aliphatic heterocycles. The van der Waals surface area contributed by atoms with Crippen molar-refractivity contribution in [2.24, 2.45) is 0 Å². The van der Waals surface area contributed by atoms with Gasteiger partial charge in [0, 0.05) is 12.1 Å². The zero-order valence-electron chi connectivity index (χ0n) is 12.8. The van der Waals surface area contributed by atoms with Crippen molar-refractivity contribution in [2.75, 3.05) is 7.11 Å². The molecule has 0 unspecified atom stereocenters. The van der Waals surface area contributed by atoms with Crippen LogP contribution in [0.15, 0.2) is 23.6 Å². The average Bonchev–Trinajstić information content (AvgIpc) is 3.10. The molecule has 4 aromatic rings. The van der Waals surface area contributed by atoms with Gasteiger partial charge in [0.2, 0.25) is 0 Å². The molecule has 3 heterocycles. The first-order valence-electron chi connectivity index (χ1n) is 7.03. The first-order valence-corrected chi connectivity index (χ1v) is 7.91. The second kappa shape index (κ2) is 4.99. The van der Waals surface area contributed by atoms with Gasteiger partial charge in [-0.05, 0) is 30.9 Å². The van der Waals surface area contributed by atoms with Crippen molar-refractivity contribution in [3.05, 3.63) is 40.7 Å². The van der Waals surface area contributed by atoms with Crippen LogP contribution in [0.3, 0.4) is 0 Å². The van der Waals surface area contributed by atoms with E-state index in [0.29, 0.717) is 16.9 Å². The van der Waals surface area contributed by atoms with E-state index in [1.165, 1.54) is 13.2 Å². The van der Waals surface area contributed by atoms with Crippen LogP contribution in [-0.4, -0.2) is 26.7 Å². The topological polar surface area (TPSA) is 52.3 Å². The number of imidazole rings is 1. The Morgan fingerprint density at radius 3 is 2.74 bits per heavy atom. The number of hydrogen-bond acceptors (Lipinski definition) is 5. The van der Waals surface area contributed by atoms with Crippen molar-refractivity contribution in [3.8, 4) is 16.5 Å². The van der Waals surface area contributed by atoms with Crippen molar-refractivity contribution in [3.63, 3.8) is 0 Å². The normalized spacial score (nSPS) is 11.5. The summed E-state index contributed by atoms with van der Waals surface area (Å²) in [5.74, 6) is 0.719. The molecule has 0 saturated heterocycles. The molecule has 0 N–H and O–H groups in total. The van der Waals surface area contributed by atoms with Crippen LogP contribution in [0.4, 0.5) is 4.39 Å². The molecule has 7 heteroatoms. The average molecular weight is 328 g/mol. The summed E-state index contributed by atoms with van der Waals surface area (Å²) in [5, 5.41) is 10.2. The Morgan fingerprint density at radius 2 is 2.04 bits per heavy atom. The summed E-state index contributed by atoms with van der Waals surface area (Å²) in [4.78, 5) is 5.67. The molecule has 0 bridgehead atoms. The molecule has 1 aromatic carbocycles. The van der Waals surface area contributed by atoms with Gasteiger partial charge in [0.05, 0.1) is 23.2 Å². The number of halogens is 1. The summed E-state index contributed by atoms with van der Waals surface area (Å²) in [6.07, 6.45) is 0. The highest BCUT2D eigenvalue weighted by atomic mass is 32.1. The van der Waals surface area contributed by atoms with Crippen LogP contribution in [0, 0.1) is 19.7 Å². The number of aromatic nitrogens is 4. The zero-order chi connectivity index (χ0) is 16.1. The van der Waals surface area contributed by atoms with Crippen LogP contribution in [0.1, 0.15) is 11.3 Å². The Balaban J connectivity index is 2.20. The van der Waals surface area contributed by atoms with Crippen molar-refractivity contribution < 1.29 is 9.13 Å². The lowest BCUT2D eigenvalue weighted by Gasteiger charge is -2.07. The van der Waals surface area contributed by atoms with Gasteiger partial charge in [-0.2, -0.15) is 0 Å². The zero-order valence-corrected chi connectivity index (χ0v) is 13.6. The maximum absolute atomic E-state index is 14.3. The van der Waals surface area contributed by atoms with E-state index in [-0.39, 0.29) is 5.52 Å². The Hall–Kier alpha value is -2.54. The van der Waals surface area contributed by atoms with Crippen molar-refractivity contribution >= 4 is 28.0 Å². The van der Waals surface area contributed by atoms with Crippen LogP contribution < -0.4 is 4.74 Å². The van der Waals surface area contributed by atoms with Crippen molar-refractivity contribution in [2.45, 2.75) is 13.8 Å². The molecular weight excluding hydrogens is 315 g/mol. The van der Waals surface area contributed by atoms with Gasteiger partial charge in [0.1, 0.15) is 11.3 Å². The Kier molecular flexibility index (Phi) is 3.05. The molecule has 0 amide bonds. The van der Waals surface area contributed by atoms with E-state index in [9.17, 15) is 4.39 Å². The fraction of sp³-hybridized carbons (Fsp3) is 0.188. The molecule has 23 heavy (non-hydrogen) atoms. The minimum absolute atomic E-state index is 0.200. The monoisotopic (exact) mass is 328 g/mol. The Bertz CT molecular complexity index is 1050. The molecular formula is C16H13FN4OS. The summed E-state index contributed by atoms with van der Waals surface area (Å²) in [7, 11) is 1.51. The van der Waals surface area contributed by atoms with Crippen molar-refractivity contribution in [1.82, 2.24) is 19.6 Å². The molecule has 0 fully saturated rings. The molecule has 5 nitrogen and oxygen atoms in total. The predicted molar refractivity (Wildman–Crippen MR) is 87.6 cm³/mol. The molecule has 0 aliphatic rings. The van der Waals surface area contributed by atoms with Crippen LogP contribution in [0.5, 0.6) is 5.75 Å². The summed E-state index contributed by atoms with van der Waals surface area (Å²) >= 11 is 1.60. The van der Waals surface area contributed by atoms with E-state index >= 15 is 0 Å². The van der Waals surface area contributed by atoms with Gasteiger partial charge in [-0.15, -0.1) is 21.5 Å². The van der Waals surface area contributed by atoms with Crippen LogP contribution in [-0.2, 0) is 0 Å². The molecule has 0 aliphatic carbocycles. The number of methoxy groups -OCH3 is 1. The molecule has 0 spiro atoms. The first-order chi connectivity index (χ1) is 11.1. The number of benzene rings is 1. The number of thiophene rings is 1. The lowest BCUT2D eigenvalue weighted by atomic mass is 10.2. The van der Waals surface area contributed by atoms with E-state index in [0.717, 1.165) is 22.0 Å². The summed E-state index contributed by atoms with van der Waals surface area (Å²) in [6, 6.07) is 5.10. The van der Waals surface area contributed by atoms with Gasteiger partial charge in [-0.3, -0.25) is 4.40 Å². The fourth-order valence-corrected chi connectivity index (χ4v) is 3.57. The standard InChI is InChI=1S/C16H13FN4OS/c1-8-4-5-23-14(8)16-18-9(2)15-20-19-13-11(17)6-10(22-3)7-12(13)21(15)16/h4-7H,1-3H3. The highest BCUT2D eigenvalue weighted by Gasteiger charge is 2.19. The second-order valence-corrected chi connectivity index (χ2v) is 6.21. The lowest BCUT2D eigenvalue weighted by molar-refractivity contribution is 0.412. The highest BCUT2D eigenvalue weighted by Crippen LogP contribution is 2.32. The molecule has 3 aromatic heterocycles. The third kappa shape index (κ3) is 2.00. The number of aryl methyl sites for hydroxylation is 2. The van der Waals surface area contributed by atoms with Gasteiger partial charge in [0.15, 0.2) is 17.3 Å². The number of rotatable bonds is 2. The predicted octanol–water partition coefficient (Wildman–Crippen LogP) is 3.77. The van der Waals surface area contributed by atoms with Crippen LogP contribution in [0.25, 0.3) is 27.4 Å². The van der Waals surface area contributed by atoms with Gasteiger partial charge >= 0.3 is 0 Å². The number of ether oxygens (including phenoxy) is 1. The minimum atomic E-state index is -0.464.